The van der Waals surface area contributed by atoms with Gasteiger partial charge in [-0.3, -0.25) is 0 Å². The first-order valence-electron chi connectivity index (χ1n) is 3.63. The van der Waals surface area contributed by atoms with E-state index in [2.05, 4.69) is 20.8 Å². The Morgan fingerprint density at radius 2 is 2.00 bits per heavy atom. The number of rotatable bonds is 1. The summed E-state index contributed by atoms with van der Waals surface area (Å²) in [6.07, 6.45) is 2.86. The van der Waals surface area contributed by atoms with Crippen LogP contribution in [0.5, 0.6) is 0 Å². The van der Waals surface area contributed by atoms with Gasteiger partial charge in [0, 0.05) is 11.9 Å². The molecule has 0 spiro atoms. The van der Waals surface area contributed by atoms with Crippen LogP contribution < -0.4 is 0 Å². The van der Waals surface area contributed by atoms with Crippen molar-refractivity contribution in [3.05, 3.63) is 0 Å². The average molecular weight is 190 g/mol. The van der Waals surface area contributed by atoms with E-state index in [1.54, 1.807) is 0 Å². The SMILES string of the molecule is BrCC12CCN(CC1)C2. The number of hydrogen-bond donors (Lipinski definition) is 0. The monoisotopic (exact) mass is 189 g/mol. The zero-order valence-electron chi connectivity index (χ0n) is 5.57. The van der Waals surface area contributed by atoms with Gasteiger partial charge in [0.1, 0.15) is 0 Å². The van der Waals surface area contributed by atoms with Crippen molar-refractivity contribution < 1.29 is 0 Å². The highest BCUT2D eigenvalue weighted by Gasteiger charge is 2.42. The van der Waals surface area contributed by atoms with E-state index in [9.17, 15) is 0 Å². The van der Waals surface area contributed by atoms with Gasteiger partial charge < -0.3 is 4.90 Å². The zero-order valence-corrected chi connectivity index (χ0v) is 7.15. The van der Waals surface area contributed by atoms with Crippen LogP contribution in [-0.4, -0.2) is 29.9 Å². The third kappa shape index (κ3) is 0.838. The highest BCUT2D eigenvalue weighted by Crippen LogP contribution is 2.41. The molecule has 1 nitrogen and oxygen atoms in total. The molecule has 2 bridgehead atoms. The molecule has 0 N–H and O–H groups in total. The maximum Gasteiger partial charge on any atom is 0.0101 e. The third-order valence-electron chi connectivity index (χ3n) is 2.76. The summed E-state index contributed by atoms with van der Waals surface area (Å²) in [5, 5.41) is 1.22. The van der Waals surface area contributed by atoms with Crippen molar-refractivity contribution in [1.82, 2.24) is 4.90 Å². The van der Waals surface area contributed by atoms with Crippen molar-refractivity contribution in [3.8, 4) is 0 Å². The van der Waals surface area contributed by atoms with Crippen molar-refractivity contribution in [3.63, 3.8) is 0 Å². The summed E-state index contributed by atoms with van der Waals surface area (Å²) in [7, 11) is 0. The quantitative estimate of drug-likeness (QED) is 0.566. The summed E-state index contributed by atoms with van der Waals surface area (Å²) in [4.78, 5) is 2.57. The van der Waals surface area contributed by atoms with Gasteiger partial charge in [0.2, 0.25) is 0 Å². The molecule has 9 heavy (non-hydrogen) atoms. The molecule has 2 fully saturated rings. The Kier molecular flexibility index (Phi) is 1.34. The van der Waals surface area contributed by atoms with E-state index in [0.29, 0.717) is 5.41 Å². The van der Waals surface area contributed by atoms with E-state index >= 15 is 0 Å². The molecule has 2 saturated heterocycles. The Hall–Kier alpha value is 0.440. The maximum absolute atomic E-state index is 3.59. The molecule has 2 heterocycles. The summed E-state index contributed by atoms with van der Waals surface area (Å²) in [6, 6.07) is 0. The summed E-state index contributed by atoms with van der Waals surface area (Å²) < 4.78 is 0. The predicted molar refractivity (Wildman–Crippen MR) is 41.9 cm³/mol. The van der Waals surface area contributed by atoms with Gasteiger partial charge in [0.25, 0.3) is 0 Å². The molecule has 2 aliphatic rings. The predicted octanol–water partition coefficient (Wildman–Crippen LogP) is 1.48. The second-order valence-electron chi connectivity index (χ2n) is 3.41. The summed E-state index contributed by atoms with van der Waals surface area (Å²) in [5.41, 5.74) is 0.694. The first-order chi connectivity index (χ1) is 4.35. The van der Waals surface area contributed by atoms with Crippen LogP contribution in [0.15, 0.2) is 0 Å². The molecule has 52 valence electrons. The van der Waals surface area contributed by atoms with Crippen LogP contribution in [0.1, 0.15) is 12.8 Å². The highest BCUT2D eigenvalue weighted by molar-refractivity contribution is 9.09. The van der Waals surface area contributed by atoms with Crippen LogP contribution >= 0.6 is 15.9 Å². The molecule has 0 atom stereocenters. The Labute approximate surface area is 64.5 Å². The molecular weight excluding hydrogens is 178 g/mol. The van der Waals surface area contributed by atoms with Gasteiger partial charge in [-0.2, -0.15) is 0 Å². The minimum absolute atomic E-state index is 0.694. The molecule has 2 aliphatic heterocycles. The molecule has 0 radical (unpaired) electrons. The molecule has 0 aromatic carbocycles. The third-order valence-corrected chi connectivity index (χ3v) is 3.95. The second-order valence-corrected chi connectivity index (χ2v) is 3.97. The molecule has 2 rings (SSSR count). The Morgan fingerprint density at radius 3 is 2.22 bits per heavy atom. The van der Waals surface area contributed by atoms with Crippen LogP contribution in [0.2, 0.25) is 0 Å². The lowest BCUT2D eigenvalue weighted by Gasteiger charge is -2.21. The zero-order chi connectivity index (χ0) is 6.32. The lowest BCUT2D eigenvalue weighted by molar-refractivity contribution is 0.348. The lowest BCUT2D eigenvalue weighted by Crippen LogP contribution is -2.20. The smallest absolute Gasteiger partial charge is 0.0101 e. The molecular formula is C7H12BrN. The summed E-state index contributed by atoms with van der Waals surface area (Å²) in [6.45, 7) is 4.06. The van der Waals surface area contributed by atoms with Crippen LogP contribution in [-0.2, 0) is 0 Å². The number of hydrogen-bond acceptors (Lipinski definition) is 1. The number of nitrogens with zero attached hydrogens (tertiary/aromatic N) is 1. The van der Waals surface area contributed by atoms with E-state index in [1.165, 1.54) is 37.8 Å². The van der Waals surface area contributed by atoms with Crippen LogP contribution in [0.4, 0.5) is 0 Å². The molecule has 0 aromatic heterocycles. The van der Waals surface area contributed by atoms with Gasteiger partial charge in [0.15, 0.2) is 0 Å². The Balaban J connectivity index is 2.13. The fourth-order valence-electron chi connectivity index (χ4n) is 1.99. The van der Waals surface area contributed by atoms with Crippen LogP contribution in [0.25, 0.3) is 0 Å². The minimum Gasteiger partial charge on any atom is -0.303 e. The summed E-state index contributed by atoms with van der Waals surface area (Å²) >= 11 is 3.59. The van der Waals surface area contributed by atoms with Crippen molar-refractivity contribution in [2.75, 3.05) is 25.0 Å². The standard InChI is InChI=1S/C7H12BrN/c8-5-7-1-3-9(6-7)4-2-7/h1-6H2. The number of halogens is 1. The molecule has 0 saturated carbocycles. The van der Waals surface area contributed by atoms with Gasteiger partial charge in [-0.25, -0.2) is 0 Å². The van der Waals surface area contributed by atoms with E-state index in [1.807, 2.05) is 0 Å². The van der Waals surface area contributed by atoms with E-state index in [-0.39, 0.29) is 0 Å². The van der Waals surface area contributed by atoms with Gasteiger partial charge >= 0.3 is 0 Å². The van der Waals surface area contributed by atoms with Crippen molar-refractivity contribution in [2.45, 2.75) is 12.8 Å². The summed E-state index contributed by atoms with van der Waals surface area (Å²) in [5.74, 6) is 0. The molecule has 0 aromatic rings. The van der Waals surface area contributed by atoms with Gasteiger partial charge in [-0.05, 0) is 31.3 Å². The van der Waals surface area contributed by atoms with E-state index in [0.717, 1.165) is 0 Å². The molecule has 0 aliphatic carbocycles. The van der Waals surface area contributed by atoms with Crippen molar-refractivity contribution >= 4 is 15.9 Å². The first kappa shape index (κ1) is 6.17. The second kappa shape index (κ2) is 1.96. The topological polar surface area (TPSA) is 3.24 Å². The number of fused-ring (bicyclic) bond motifs is 2. The molecule has 0 unspecified atom stereocenters. The normalized spacial score (nSPS) is 48.3. The van der Waals surface area contributed by atoms with Crippen molar-refractivity contribution in [1.29, 1.82) is 0 Å². The highest BCUT2D eigenvalue weighted by atomic mass is 79.9. The fraction of sp³-hybridized carbons (Fsp3) is 1.00. The number of piperidine rings is 1. The Bertz CT molecular complexity index is 116. The van der Waals surface area contributed by atoms with E-state index < -0.39 is 0 Å². The Morgan fingerprint density at radius 1 is 1.33 bits per heavy atom. The minimum atomic E-state index is 0.694. The largest absolute Gasteiger partial charge is 0.303 e. The first-order valence-corrected chi connectivity index (χ1v) is 4.75. The van der Waals surface area contributed by atoms with Gasteiger partial charge in [-0.1, -0.05) is 15.9 Å². The molecule has 0 amide bonds. The van der Waals surface area contributed by atoms with Gasteiger partial charge in [0.05, 0.1) is 0 Å². The lowest BCUT2D eigenvalue weighted by atomic mass is 9.87. The fourth-order valence-corrected chi connectivity index (χ4v) is 2.73. The molecule has 2 heteroatoms. The number of alkyl halides is 1. The van der Waals surface area contributed by atoms with E-state index in [4.69, 9.17) is 0 Å². The maximum atomic E-state index is 3.59. The van der Waals surface area contributed by atoms with Gasteiger partial charge in [-0.15, -0.1) is 0 Å². The van der Waals surface area contributed by atoms with Crippen LogP contribution in [0, 0.1) is 5.41 Å². The average Bonchev–Trinajstić information content (AvgIpc) is 2.46. The van der Waals surface area contributed by atoms with Crippen molar-refractivity contribution in [2.24, 2.45) is 5.41 Å². The van der Waals surface area contributed by atoms with Crippen LogP contribution in [0.3, 0.4) is 0 Å².